The lowest BCUT2D eigenvalue weighted by Gasteiger charge is -2.21. The largest absolute Gasteiger partial charge is 0.496 e. The smallest absolute Gasteiger partial charge is 0.328 e. The van der Waals surface area contributed by atoms with E-state index in [1.165, 1.54) is 44.4 Å². The van der Waals surface area contributed by atoms with Crippen LogP contribution in [0.25, 0.3) is 21.3 Å². The maximum atomic E-state index is 13.4. The number of benzene rings is 3. The lowest BCUT2D eigenvalue weighted by atomic mass is 10.0. The predicted octanol–water partition coefficient (Wildman–Crippen LogP) is 5.45. The summed E-state index contributed by atoms with van der Waals surface area (Å²) >= 11 is 1.37. The first-order valence-electron chi connectivity index (χ1n) is 10.3. The fourth-order valence-electron chi connectivity index (χ4n) is 3.28. The van der Waals surface area contributed by atoms with Gasteiger partial charge in [-0.1, -0.05) is 29.5 Å². The Morgan fingerprint density at radius 2 is 1.74 bits per heavy atom. The zero-order valence-electron chi connectivity index (χ0n) is 18.7. The predicted molar refractivity (Wildman–Crippen MR) is 130 cm³/mol. The molecule has 34 heavy (non-hydrogen) atoms. The Labute approximate surface area is 199 Å². The average molecular weight is 480 g/mol. The number of thiazole rings is 1. The Balaban J connectivity index is 1.52. The summed E-state index contributed by atoms with van der Waals surface area (Å²) in [5, 5.41) is 15.6. The van der Waals surface area contributed by atoms with E-state index in [0.717, 1.165) is 27.0 Å². The van der Waals surface area contributed by atoms with E-state index in [4.69, 9.17) is 4.74 Å². The van der Waals surface area contributed by atoms with Gasteiger partial charge in [-0.3, -0.25) is 4.79 Å². The molecule has 0 aliphatic heterocycles. The second kappa shape index (κ2) is 9.11. The van der Waals surface area contributed by atoms with E-state index in [9.17, 15) is 19.1 Å². The van der Waals surface area contributed by atoms with E-state index in [-0.39, 0.29) is 11.4 Å². The van der Waals surface area contributed by atoms with Crippen LogP contribution in [0.3, 0.4) is 0 Å². The van der Waals surface area contributed by atoms with Gasteiger partial charge in [0.25, 0.3) is 5.91 Å². The molecule has 1 amide bonds. The van der Waals surface area contributed by atoms with Crippen LogP contribution in [0, 0.1) is 5.82 Å². The summed E-state index contributed by atoms with van der Waals surface area (Å²) in [6.07, 6.45) is 0. The lowest BCUT2D eigenvalue weighted by molar-refractivity contribution is -0.143. The van der Waals surface area contributed by atoms with Crippen molar-refractivity contribution in [2.24, 2.45) is 0 Å². The van der Waals surface area contributed by atoms with Crippen LogP contribution >= 0.6 is 11.3 Å². The number of rotatable bonds is 7. The number of nitrogens with one attached hydrogen (secondary N) is 2. The van der Waals surface area contributed by atoms with Gasteiger partial charge in [0.2, 0.25) is 0 Å². The van der Waals surface area contributed by atoms with Crippen molar-refractivity contribution in [2.75, 3.05) is 12.4 Å². The average Bonchev–Trinajstić information content (AvgIpc) is 3.20. The molecule has 0 fully saturated rings. The first-order chi connectivity index (χ1) is 16.2. The van der Waals surface area contributed by atoms with E-state index >= 15 is 0 Å². The van der Waals surface area contributed by atoms with E-state index < -0.39 is 17.4 Å². The molecule has 0 atom stereocenters. The second-order valence-corrected chi connectivity index (χ2v) is 9.16. The van der Waals surface area contributed by atoms with E-state index in [1.807, 2.05) is 24.3 Å². The number of carbonyl (C=O) groups is 2. The van der Waals surface area contributed by atoms with Crippen molar-refractivity contribution in [1.29, 1.82) is 0 Å². The molecule has 0 saturated carbocycles. The molecule has 3 N–H and O–H groups in total. The monoisotopic (exact) mass is 479 g/mol. The van der Waals surface area contributed by atoms with E-state index in [2.05, 4.69) is 15.6 Å². The topological polar surface area (TPSA) is 101 Å². The number of aromatic nitrogens is 1. The number of carboxylic acid groups (broad SMARTS) is 1. The van der Waals surface area contributed by atoms with Crippen molar-refractivity contribution >= 4 is 44.2 Å². The molecule has 1 aromatic heterocycles. The minimum atomic E-state index is -1.42. The Bertz CT molecular complexity index is 1380. The number of halogens is 1. The van der Waals surface area contributed by atoms with Crippen molar-refractivity contribution < 1.29 is 23.8 Å². The third-order valence-corrected chi connectivity index (χ3v) is 6.16. The minimum absolute atomic E-state index is 0.242. The fraction of sp³-hybridized carbons (Fsp3) is 0.160. The third kappa shape index (κ3) is 4.84. The summed E-state index contributed by atoms with van der Waals surface area (Å²) < 4.78 is 19.6. The molecule has 0 aliphatic carbocycles. The number of carboxylic acids is 1. The molecule has 9 heteroatoms. The molecule has 4 rings (SSSR count). The van der Waals surface area contributed by atoms with Gasteiger partial charge in [0.05, 0.1) is 22.9 Å². The van der Waals surface area contributed by atoms with Gasteiger partial charge in [-0.05, 0) is 67.4 Å². The van der Waals surface area contributed by atoms with Crippen LogP contribution in [0.15, 0.2) is 60.7 Å². The van der Waals surface area contributed by atoms with Gasteiger partial charge in [-0.2, -0.15) is 0 Å². The summed E-state index contributed by atoms with van der Waals surface area (Å²) in [4.78, 5) is 28.4. The number of fused-ring (bicyclic) bond motifs is 1. The molecule has 3 aromatic carbocycles. The van der Waals surface area contributed by atoms with Crippen molar-refractivity contribution in [3.63, 3.8) is 0 Å². The van der Waals surface area contributed by atoms with Crippen LogP contribution in [0.2, 0.25) is 0 Å². The number of hydrogen-bond acceptors (Lipinski definition) is 6. The number of carbonyl (C=O) groups excluding carboxylic acids is 1. The fourth-order valence-corrected chi connectivity index (χ4v) is 4.20. The van der Waals surface area contributed by atoms with Crippen molar-refractivity contribution in [3.8, 4) is 16.9 Å². The van der Waals surface area contributed by atoms with Gasteiger partial charge < -0.3 is 20.5 Å². The molecule has 7 nitrogen and oxygen atoms in total. The maximum absolute atomic E-state index is 13.4. The summed E-state index contributed by atoms with van der Waals surface area (Å²) in [5.41, 5.74) is 2.10. The highest BCUT2D eigenvalue weighted by atomic mass is 32.1. The first kappa shape index (κ1) is 23.2. The molecule has 0 spiro atoms. The van der Waals surface area contributed by atoms with E-state index in [0.29, 0.717) is 10.9 Å². The zero-order valence-corrected chi connectivity index (χ0v) is 19.5. The van der Waals surface area contributed by atoms with Crippen LogP contribution in [-0.2, 0) is 4.79 Å². The molecular formula is C25H22FN3O4S. The molecule has 1 heterocycles. The number of nitrogens with zero attached hydrogens (tertiary/aromatic N) is 1. The molecule has 0 aliphatic rings. The molecule has 0 unspecified atom stereocenters. The highest BCUT2D eigenvalue weighted by Crippen LogP contribution is 2.31. The highest BCUT2D eigenvalue weighted by Gasteiger charge is 2.30. The highest BCUT2D eigenvalue weighted by molar-refractivity contribution is 7.22. The number of ether oxygens (including phenoxy) is 1. The number of methoxy groups -OCH3 is 1. The third-order valence-electron chi connectivity index (χ3n) is 5.23. The standard InChI is InChI=1S/C25H22FN3O4S/c1-25(2,23(31)32)29-22(30)18-10-6-15(12-20(18)33-3)14-4-8-17(9-5-14)27-24-28-19-11-7-16(26)13-21(19)34-24/h4-13H,1-3H3,(H,27,28)(H,29,30)(H,31,32). The number of aliphatic carboxylic acids is 1. The van der Waals surface area contributed by atoms with Gasteiger partial charge in [0, 0.05) is 5.69 Å². The summed E-state index contributed by atoms with van der Waals surface area (Å²) in [6, 6.07) is 17.2. The van der Waals surface area contributed by atoms with Gasteiger partial charge in [0.1, 0.15) is 17.1 Å². The van der Waals surface area contributed by atoms with Crippen LogP contribution in [0.5, 0.6) is 5.75 Å². The summed E-state index contributed by atoms with van der Waals surface area (Å²) in [6.45, 7) is 2.83. The second-order valence-electron chi connectivity index (χ2n) is 8.13. The van der Waals surface area contributed by atoms with Crippen LogP contribution in [0.4, 0.5) is 15.2 Å². The van der Waals surface area contributed by atoms with Crippen molar-refractivity contribution in [1.82, 2.24) is 10.3 Å². The first-order valence-corrected chi connectivity index (χ1v) is 11.2. The molecular weight excluding hydrogens is 457 g/mol. The normalized spacial score (nSPS) is 11.3. The Morgan fingerprint density at radius 1 is 1.03 bits per heavy atom. The maximum Gasteiger partial charge on any atom is 0.328 e. The minimum Gasteiger partial charge on any atom is -0.496 e. The van der Waals surface area contributed by atoms with Gasteiger partial charge in [-0.25, -0.2) is 14.2 Å². The Hall–Kier alpha value is -3.98. The van der Waals surface area contributed by atoms with Crippen molar-refractivity contribution in [2.45, 2.75) is 19.4 Å². The summed E-state index contributed by atoms with van der Waals surface area (Å²) in [7, 11) is 1.45. The molecule has 174 valence electrons. The molecule has 4 aromatic rings. The van der Waals surface area contributed by atoms with Crippen molar-refractivity contribution in [3.05, 3.63) is 72.0 Å². The zero-order chi connectivity index (χ0) is 24.5. The molecule has 0 bridgehead atoms. The quantitative estimate of drug-likeness (QED) is 0.326. The van der Waals surface area contributed by atoms with E-state index in [1.54, 1.807) is 24.3 Å². The number of hydrogen-bond donors (Lipinski definition) is 3. The molecule has 0 saturated heterocycles. The van der Waals surface area contributed by atoms with Gasteiger partial charge in [-0.15, -0.1) is 0 Å². The van der Waals surface area contributed by atoms with Gasteiger partial charge >= 0.3 is 5.97 Å². The molecule has 0 radical (unpaired) electrons. The Kier molecular flexibility index (Phi) is 6.21. The number of anilines is 2. The number of amides is 1. The van der Waals surface area contributed by atoms with Crippen LogP contribution < -0.4 is 15.4 Å². The van der Waals surface area contributed by atoms with Crippen LogP contribution in [0.1, 0.15) is 24.2 Å². The summed E-state index contributed by atoms with van der Waals surface area (Å²) in [5.74, 6) is -1.63. The lowest BCUT2D eigenvalue weighted by Crippen LogP contribution is -2.49. The van der Waals surface area contributed by atoms with Crippen LogP contribution in [-0.4, -0.2) is 34.6 Å². The Morgan fingerprint density at radius 3 is 2.41 bits per heavy atom. The van der Waals surface area contributed by atoms with Gasteiger partial charge in [0.15, 0.2) is 5.13 Å². The SMILES string of the molecule is COc1cc(-c2ccc(Nc3nc4ccc(F)cc4s3)cc2)ccc1C(=O)NC(C)(C)C(=O)O.